The topological polar surface area (TPSA) is 102 Å². The highest BCUT2D eigenvalue weighted by Crippen LogP contribution is 2.20. The fourth-order valence-electron chi connectivity index (χ4n) is 2.82. The van der Waals surface area contributed by atoms with E-state index in [1.807, 2.05) is 5.32 Å². The Balaban J connectivity index is 1.41. The molecule has 11 heteroatoms. The Morgan fingerprint density at radius 1 is 1.09 bits per heavy atom. The number of H-pyrrole nitrogens is 1. The maximum atomic E-state index is 13.6. The summed E-state index contributed by atoms with van der Waals surface area (Å²) in [5.41, 5.74) is 0.677. The van der Waals surface area contributed by atoms with Crippen molar-refractivity contribution >= 4 is 11.8 Å². The van der Waals surface area contributed by atoms with Gasteiger partial charge in [0.05, 0.1) is 11.3 Å². The lowest BCUT2D eigenvalue weighted by Gasteiger charge is -2.09. The van der Waals surface area contributed by atoms with Gasteiger partial charge in [-0.25, -0.2) is 27.6 Å². The number of ether oxygens (including phenoxy) is 1. The smallest absolute Gasteiger partial charge is 0.412 e. The number of halogens is 3. The van der Waals surface area contributed by atoms with E-state index in [-0.39, 0.29) is 12.2 Å². The zero-order valence-corrected chi connectivity index (χ0v) is 16.2. The largest absolute Gasteiger partial charge is 0.444 e. The monoisotopic (exact) mass is 441 g/mol. The van der Waals surface area contributed by atoms with Crippen LogP contribution >= 0.6 is 0 Å². The van der Waals surface area contributed by atoms with Crippen molar-refractivity contribution in [2.45, 2.75) is 6.61 Å². The van der Waals surface area contributed by atoms with Crippen LogP contribution in [0.2, 0.25) is 0 Å². The van der Waals surface area contributed by atoms with Gasteiger partial charge in [0.2, 0.25) is 0 Å². The first-order chi connectivity index (χ1) is 15.4. The summed E-state index contributed by atoms with van der Waals surface area (Å²) in [6.45, 7) is -0.231. The number of hydrogen-bond donors (Lipinski definition) is 2. The second-order valence-corrected chi connectivity index (χ2v) is 6.52. The predicted octanol–water partition coefficient (Wildman–Crippen LogP) is 3.79. The maximum absolute atomic E-state index is 13.6. The molecule has 0 saturated carbocycles. The lowest BCUT2D eigenvalue weighted by molar-refractivity contribution is 0.155. The van der Waals surface area contributed by atoms with Crippen LogP contribution < -0.4 is 10.9 Å². The number of benzene rings is 1. The number of nitrogens with zero attached hydrogens (tertiary/aromatic N) is 3. The molecule has 0 bridgehead atoms. The molecule has 162 valence electrons. The molecule has 4 aromatic rings. The number of aromatic nitrogens is 4. The molecule has 0 aliphatic heterocycles. The van der Waals surface area contributed by atoms with E-state index in [0.717, 1.165) is 6.07 Å². The van der Waals surface area contributed by atoms with Gasteiger partial charge >= 0.3 is 6.09 Å². The van der Waals surface area contributed by atoms with E-state index in [1.54, 1.807) is 36.8 Å². The van der Waals surface area contributed by atoms with Crippen molar-refractivity contribution < 1.29 is 22.7 Å². The Kier molecular flexibility index (Phi) is 5.71. The zero-order valence-electron chi connectivity index (χ0n) is 16.2. The Bertz CT molecular complexity index is 1320. The van der Waals surface area contributed by atoms with Gasteiger partial charge in [-0.15, -0.1) is 0 Å². The van der Waals surface area contributed by atoms with Crippen LogP contribution in [0, 0.1) is 17.5 Å². The van der Waals surface area contributed by atoms with Gasteiger partial charge in [-0.1, -0.05) is 12.1 Å². The summed E-state index contributed by atoms with van der Waals surface area (Å²) >= 11 is 0. The summed E-state index contributed by atoms with van der Waals surface area (Å²) in [6, 6.07) is 8.14. The second kappa shape index (κ2) is 8.76. The van der Waals surface area contributed by atoms with E-state index in [9.17, 15) is 22.8 Å². The van der Waals surface area contributed by atoms with Crippen LogP contribution in [0.4, 0.5) is 23.7 Å². The number of amides is 1. The fourth-order valence-corrected chi connectivity index (χ4v) is 2.82. The molecule has 0 spiro atoms. The van der Waals surface area contributed by atoms with Crippen LogP contribution in [0.15, 0.2) is 66.0 Å². The number of anilines is 1. The van der Waals surface area contributed by atoms with Crippen molar-refractivity contribution in [2.75, 3.05) is 5.32 Å². The molecule has 8 nitrogen and oxygen atoms in total. The summed E-state index contributed by atoms with van der Waals surface area (Å²) < 4.78 is 45.9. The first kappa shape index (κ1) is 20.8. The molecular weight excluding hydrogens is 427 g/mol. The lowest BCUT2D eigenvalue weighted by Crippen LogP contribution is -2.17. The zero-order chi connectivity index (χ0) is 22.7. The second-order valence-electron chi connectivity index (χ2n) is 6.52. The molecule has 0 unspecified atom stereocenters. The van der Waals surface area contributed by atoms with E-state index in [1.165, 1.54) is 16.9 Å². The number of pyridine rings is 2. The highest BCUT2D eigenvalue weighted by Gasteiger charge is 2.16. The van der Waals surface area contributed by atoms with E-state index in [2.05, 4.69) is 15.1 Å². The molecule has 32 heavy (non-hydrogen) atoms. The van der Waals surface area contributed by atoms with Crippen molar-refractivity contribution in [2.24, 2.45) is 0 Å². The first-order valence-corrected chi connectivity index (χ1v) is 9.17. The van der Waals surface area contributed by atoms with Crippen molar-refractivity contribution in [1.82, 2.24) is 19.7 Å². The molecule has 0 radical (unpaired) electrons. The van der Waals surface area contributed by atoms with E-state index in [4.69, 9.17) is 4.74 Å². The average Bonchev–Trinajstić information content (AvgIpc) is 3.20. The van der Waals surface area contributed by atoms with Gasteiger partial charge in [0.15, 0.2) is 23.3 Å². The number of carbonyl (C=O) groups is 1. The molecule has 0 atom stereocenters. The molecule has 3 heterocycles. The van der Waals surface area contributed by atoms with Gasteiger partial charge in [-0.05, 0) is 24.3 Å². The average molecular weight is 441 g/mol. The molecule has 1 amide bonds. The minimum absolute atomic E-state index is 0.231. The summed E-state index contributed by atoms with van der Waals surface area (Å²) in [5.74, 6) is -4.30. The van der Waals surface area contributed by atoms with E-state index < -0.39 is 29.2 Å². The molecule has 0 aliphatic carbocycles. The third kappa shape index (κ3) is 4.21. The molecule has 0 fully saturated rings. The molecule has 3 aromatic heterocycles. The van der Waals surface area contributed by atoms with Crippen LogP contribution in [-0.4, -0.2) is 25.8 Å². The number of rotatable bonds is 5. The van der Waals surface area contributed by atoms with Gasteiger partial charge in [-0.2, -0.15) is 0 Å². The Labute approximate surface area is 178 Å². The third-order valence-electron chi connectivity index (χ3n) is 4.42. The van der Waals surface area contributed by atoms with E-state index >= 15 is 0 Å². The highest BCUT2D eigenvalue weighted by molar-refractivity contribution is 5.84. The molecular formula is C21H14F3N5O3. The molecule has 4 rings (SSSR count). The van der Waals surface area contributed by atoms with Crippen LogP contribution in [-0.2, 0) is 11.3 Å². The van der Waals surface area contributed by atoms with Crippen molar-refractivity contribution in [1.29, 1.82) is 0 Å². The maximum Gasteiger partial charge on any atom is 0.412 e. The molecule has 0 saturated heterocycles. The Morgan fingerprint density at radius 2 is 1.94 bits per heavy atom. The van der Waals surface area contributed by atoms with E-state index in [0.29, 0.717) is 28.6 Å². The van der Waals surface area contributed by atoms with Crippen LogP contribution in [0.25, 0.3) is 16.9 Å². The highest BCUT2D eigenvalue weighted by atomic mass is 19.2. The number of aromatic amines is 1. The minimum Gasteiger partial charge on any atom is -0.444 e. The normalized spacial score (nSPS) is 10.7. The van der Waals surface area contributed by atoms with Crippen LogP contribution in [0.1, 0.15) is 5.56 Å². The van der Waals surface area contributed by atoms with Gasteiger partial charge in [0.1, 0.15) is 6.61 Å². The molecule has 2 N–H and O–H groups in total. The summed E-state index contributed by atoms with van der Waals surface area (Å²) in [4.78, 5) is 32.6. The SMILES string of the molecule is O=C(Nc1ccc(F)c(F)c1F)OCc1ccc(-n2[nH]cc(-c3cccnc3)c2=O)nc1. The lowest BCUT2D eigenvalue weighted by atomic mass is 10.2. The standard InChI is InChI=1S/C21H14F3N5O3/c22-15-4-5-16(19(24)18(15)23)28-21(31)32-11-12-3-6-17(26-8-12)29-20(30)14(10-27-29)13-2-1-7-25-9-13/h1-10,27H,11H2,(H,28,31). The fraction of sp³-hybridized carbons (Fsp3) is 0.0476. The summed E-state index contributed by atoms with van der Waals surface area (Å²) in [7, 11) is 0. The Hall–Kier alpha value is -4.41. The number of hydrogen-bond acceptors (Lipinski definition) is 5. The van der Waals surface area contributed by atoms with Crippen LogP contribution in [0.5, 0.6) is 0 Å². The number of carbonyl (C=O) groups excluding carboxylic acids is 1. The van der Waals surface area contributed by atoms with Gasteiger partial charge in [0.25, 0.3) is 5.56 Å². The quantitative estimate of drug-likeness (QED) is 0.459. The first-order valence-electron chi connectivity index (χ1n) is 9.17. The Morgan fingerprint density at radius 3 is 2.66 bits per heavy atom. The molecule has 1 aromatic carbocycles. The predicted molar refractivity (Wildman–Crippen MR) is 108 cm³/mol. The molecule has 0 aliphatic rings. The van der Waals surface area contributed by atoms with Gasteiger partial charge < -0.3 is 4.74 Å². The van der Waals surface area contributed by atoms with Crippen molar-refractivity contribution in [3.05, 3.63) is 94.6 Å². The van der Waals surface area contributed by atoms with Crippen molar-refractivity contribution in [3.8, 4) is 16.9 Å². The van der Waals surface area contributed by atoms with Gasteiger partial charge in [0, 0.05) is 35.9 Å². The van der Waals surface area contributed by atoms with Crippen molar-refractivity contribution in [3.63, 3.8) is 0 Å². The van der Waals surface area contributed by atoms with Crippen LogP contribution in [0.3, 0.4) is 0 Å². The van der Waals surface area contributed by atoms with Gasteiger partial charge in [-0.3, -0.25) is 20.2 Å². The summed E-state index contributed by atoms with van der Waals surface area (Å²) in [6.07, 6.45) is 5.03. The third-order valence-corrected chi connectivity index (χ3v) is 4.42. The summed E-state index contributed by atoms with van der Waals surface area (Å²) in [5, 5.41) is 4.82. The number of nitrogens with one attached hydrogen (secondary N) is 2. The minimum atomic E-state index is -1.70.